The number of aryl methyl sites for hydroxylation is 2. The Morgan fingerprint density at radius 1 is 1.13 bits per heavy atom. The van der Waals surface area contributed by atoms with Gasteiger partial charge in [0.25, 0.3) is 5.56 Å². The van der Waals surface area contributed by atoms with Crippen LogP contribution < -0.4 is 5.56 Å². The van der Waals surface area contributed by atoms with E-state index in [-0.39, 0.29) is 5.56 Å². The minimum absolute atomic E-state index is 0.0664. The maximum atomic E-state index is 12.6. The Balaban J connectivity index is 1.96. The topological polar surface area (TPSA) is 52.7 Å². The van der Waals surface area contributed by atoms with Crippen molar-refractivity contribution in [1.29, 1.82) is 0 Å². The van der Waals surface area contributed by atoms with Crippen LogP contribution in [-0.4, -0.2) is 19.1 Å². The molecule has 0 saturated heterocycles. The lowest BCUT2D eigenvalue weighted by Gasteiger charge is -2.07. The summed E-state index contributed by atoms with van der Waals surface area (Å²) in [6, 6.07) is 7.67. The van der Waals surface area contributed by atoms with Crippen LogP contribution in [0.1, 0.15) is 18.3 Å². The summed E-state index contributed by atoms with van der Waals surface area (Å²) in [6.45, 7) is 2.02. The largest absolute Gasteiger partial charge is 0.325 e. The smallest absolute Gasteiger partial charge is 0.280 e. The summed E-state index contributed by atoms with van der Waals surface area (Å²) in [6.07, 6.45) is 0.767. The van der Waals surface area contributed by atoms with Crippen molar-refractivity contribution in [2.45, 2.75) is 24.3 Å². The molecule has 7 heteroatoms. The minimum atomic E-state index is -0.0664. The molecule has 0 spiro atoms. The maximum Gasteiger partial charge on any atom is 0.280 e. The molecular formula is C16H17ClN4OS. The Morgan fingerprint density at radius 3 is 2.48 bits per heavy atom. The second-order valence-electron chi connectivity index (χ2n) is 5.29. The Kier molecular flexibility index (Phi) is 4.46. The van der Waals surface area contributed by atoms with Gasteiger partial charge in [-0.1, -0.05) is 42.4 Å². The van der Waals surface area contributed by atoms with Gasteiger partial charge in [-0.15, -0.1) is 0 Å². The Morgan fingerprint density at radius 2 is 1.83 bits per heavy atom. The van der Waals surface area contributed by atoms with Gasteiger partial charge in [-0.25, -0.2) is 9.97 Å². The Hall–Kier alpha value is -1.79. The van der Waals surface area contributed by atoms with Crippen molar-refractivity contribution in [3.8, 4) is 0 Å². The minimum Gasteiger partial charge on any atom is -0.325 e. The van der Waals surface area contributed by atoms with Crippen LogP contribution in [0.25, 0.3) is 11.2 Å². The highest BCUT2D eigenvalue weighted by Gasteiger charge is 2.15. The van der Waals surface area contributed by atoms with Crippen LogP contribution in [-0.2, 0) is 26.3 Å². The fourth-order valence-corrected chi connectivity index (χ4v) is 3.47. The van der Waals surface area contributed by atoms with Gasteiger partial charge in [-0.05, 0) is 17.7 Å². The Bertz CT molecular complexity index is 914. The summed E-state index contributed by atoms with van der Waals surface area (Å²) in [5.74, 6) is 1.58. The van der Waals surface area contributed by atoms with Gasteiger partial charge in [0.05, 0.1) is 0 Å². The van der Waals surface area contributed by atoms with Gasteiger partial charge >= 0.3 is 0 Å². The van der Waals surface area contributed by atoms with Crippen molar-refractivity contribution < 1.29 is 0 Å². The molecule has 0 amide bonds. The van der Waals surface area contributed by atoms with Crippen LogP contribution in [0.4, 0.5) is 0 Å². The number of nitrogens with zero attached hydrogens (tertiary/aromatic N) is 4. The number of hydrogen-bond donors (Lipinski definition) is 0. The van der Waals surface area contributed by atoms with Crippen molar-refractivity contribution in [1.82, 2.24) is 19.1 Å². The normalized spacial score (nSPS) is 11.3. The number of aromatic nitrogens is 4. The number of rotatable bonds is 4. The third kappa shape index (κ3) is 3.01. The molecule has 1 aromatic carbocycles. The van der Waals surface area contributed by atoms with E-state index in [1.165, 1.54) is 11.8 Å². The van der Waals surface area contributed by atoms with E-state index in [4.69, 9.17) is 11.6 Å². The zero-order valence-electron chi connectivity index (χ0n) is 13.2. The summed E-state index contributed by atoms with van der Waals surface area (Å²) >= 11 is 7.41. The molecule has 5 nitrogen and oxygen atoms in total. The van der Waals surface area contributed by atoms with Crippen LogP contribution in [0.3, 0.4) is 0 Å². The zero-order chi connectivity index (χ0) is 16.6. The predicted octanol–water partition coefficient (Wildman–Crippen LogP) is 3.18. The lowest BCUT2D eigenvalue weighted by atomic mass is 10.2. The quantitative estimate of drug-likeness (QED) is 0.537. The van der Waals surface area contributed by atoms with Gasteiger partial charge < -0.3 is 4.57 Å². The van der Waals surface area contributed by atoms with Crippen molar-refractivity contribution in [2.75, 3.05) is 0 Å². The van der Waals surface area contributed by atoms with E-state index in [1.807, 2.05) is 42.8 Å². The van der Waals surface area contributed by atoms with E-state index >= 15 is 0 Å². The summed E-state index contributed by atoms with van der Waals surface area (Å²) in [7, 11) is 3.61. The lowest BCUT2D eigenvalue weighted by Crippen LogP contribution is -2.21. The van der Waals surface area contributed by atoms with Gasteiger partial charge in [-0.3, -0.25) is 9.36 Å². The van der Waals surface area contributed by atoms with Gasteiger partial charge in [0, 0.05) is 31.3 Å². The van der Waals surface area contributed by atoms with E-state index < -0.39 is 0 Å². The standard InChI is InChI=1S/C16H17ClN4OS/c1-4-12-18-14-13(20(12)2)15(22)21(3)16(19-14)23-9-10-5-7-11(17)8-6-10/h5-8H,4,9H2,1-3H3. The molecule has 0 bridgehead atoms. The van der Waals surface area contributed by atoms with Crippen molar-refractivity contribution in [3.63, 3.8) is 0 Å². The fraction of sp³-hybridized carbons (Fsp3) is 0.312. The van der Waals surface area contributed by atoms with Gasteiger partial charge in [0.1, 0.15) is 5.82 Å². The highest BCUT2D eigenvalue weighted by Crippen LogP contribution is 2.22. The molecule has 0 N–H and O–H groups in total. The van der Waals surface area contributed by atoms with Crippen LogP contribution in [0, 0.1) is 0 Å². The third-order valence-electron chi connectivity index (χ3n) is 3.76. The molecule has 120 valence electrons. The third-order valence-corrected chi connectivity index (χ3v) is 5.12. The molecule has 2 aromatic heterocycles. The number of thioether (sulfide) groups is 1. The predicted molar refractivity (Wildman–Crippen MR) is 94.1 cm³/mol. The van der Waals surface area contributed by atoms with Gasteiger partial charge in [0.2, 0.25) is 0 Å². The molecule has 0 saturated carbocycles. The van der Waals surface area contributed by atoms with Crippen molar-refractivity contribution in [2.24, 2.45) is 14.1 Å². The van der Waals surface area contributed by atoms with E-state index in [0.717, 1.165) is 23.6 Å². The van der Waals surface area contributed by atoms with Crippen LogP contribution >= 0.6 is 23.4 Å². The molecule has 0 atom stereocenters. The molecule has 3 rings (SSSR count). The van der Waals surface area contributed by atoms with Crippen molar-refractivity contribution in [3.05, 3.63) is 51.0 Å². The fourth-order valence-electron chi connectivity index (χ4n) is 2.43. The highest BCUT2D eigenvalue weighted by atomic mass is 35.5. The first-order chi connectivity index (χ1) is 11.0. The maximum absolute atomic E-state index is 12.6. The van der Waals surface area contributed by atoms with Crippen LogP contribution in [0.2, 0.25) is 5.02 Å². The molecule has 0 unspecified atom stereocenters. The number of fused-ring (bicyclic) bond motifs is 1. The van der Waals surface area contributed by atoms with Gasteiger partial charge in [0.15, 0.2) is 16.3 Å². The molecule has 0 aliphatic heterocycles. The summed E-state index contributed by atoms with van der Waals surface area (Å²) < 4.78 is 3.42. The van der Waals surface area contributed by atoms with E-state index in [0.29, 0.717) is 21.3 Å². The summed E-state index contributed by atoms with van der Waals surface area (Å²) in [5, 5.41) is 1.38. The first-order valence-electron chi connectivity index (χ1n) is 7.30. The zero-order valence-corrected chi connectivity index (χ0v) is 14.8. The van der Waals surface area contributed by atoms with E-state index in [9.17, 15) is 4.79 Å². The monoisotopic (exact) mass is 348 g/mol. The SMILES string of the molecule is CCc1nc2nc(SCc3ccc(Cl)cc3)n(C)c(=O)c2n1C. The Labute approximate surface area is 143 Å². The first kappa shape index (κ1) is 16.1. The molecule has 0 aliphatic carbocycles. The lowest BCUT2D eigenvalue weighted by molar-refractivity contribution is 0.717. The number of benzene rings is 1. The molecular weight excluding hydrogens is 332 g/mol. The number of halogens is 1. The summed E-state index contributed by atoms with van der Waals surface area (Å²) in [5.41, 5.74) is 2.14. The van der Waals surface area contributed by atoms with Gasteiger partial charge in [-0.2, -0.15) is 0 Å². The highest BCUT2D eigenvalue weighted by molar-refractivity contribution is 7.98. The van der Waals surface area contributed by atoms with E-state index in [1.54, 1.807) is 11.6 Å². The van der Waals surface area contributed by atoms with Crippen molar-refractivity contribution >= 4 is 34.5 Å². The summed E-state index contributed by atoms with van der Waals surface area (Å²) in [4.78, 5) is 21.6. The van der Waals surface area contributed by atoms with Crippen LogP contribution in [0.15, 0.2) is 34.2 Å². The molecule has 0 aliphatic rings. The molecule has 0 fully saturated rings. The molecule has 2 heterocycles. The van der Waals surface area contributed by atoms with E-state index in [2.05, 4.69) is 9.97 Å². The molecule has 3 aromatic rings. The molecule has 0 radical (unpaired) electrons. The number of imidazole rings is 1. The second-order valence-corrected chi connectivity index (χ2v) is 6.67. The average Bonchev–Trinajstić information content (AvgIpc) is 2.87. The second kappa shape index (κ2) is 6.37. The van der Waals surface area contributed by atoms with Crippen LogP contribution in [0.5, 0.6) is 0 Å². The molecule has 23 heavy (non-hydrogen) atoms. The average molecular weight is 349 g/mol. The number of hydrogen-bond acceptors (Lipinski definition) is 4. The first-order valence-corrected chi connectivity index (χ1v) is 8.67.